The van der Waals surface area contributed by atoms with E-state index < -0.39 is 0 Å². The zero-order valence-corrected chi connectivity index (χ0v) is 13.4. The van der Waals surface area contributed by atoms with Crippen molar-refractivity contribution in [1.29, 1.82) is 0 Å². The van der Waals surface area contributed by atoms with E-state index in [0.717, 1.165) is 22.7 Å². The average molecular weight is 313 g/mol. The Morgan fingerprint density at radius 3 is 3.00 bits per heavy atom. The first-order chi connectivity index (χ1) is 11.1. The highest BCUT2D eigenvalue weighted by molar-refractivity contribution is 5.76. The summed E-state index contributed by atoms with van der Waals surface area (Å²) >= 11 is 0. The molecule has 7 heteroatoms. The van der Waals surface area contributed by atoms with Gasteiger partial charge in [-0.2, -0.15) is 10.1 Å². The monoisotopic (exact) mass is 313 g/mol. The van der Waals surface area contributed by atoms with Crippen molar-refractivity contribution in [3.63, 3.8) is 0 Å². The number of hydrogen-bond donors (Lipinski definition) is 1. The highest BCUT2D eigenvalue weighted by Gasteiger charge is 2.15. The van der Waals surface area contributed by atoms with Crippen LogP contribution in [0.2, 0.25) is 0 Å². The molecule has 3 heterocycles. The summed E-state index contributed by atoms with van der Waals surface area (Å²) in [6.07, 6.45) is 4.08. The molecule has 0 aliphatic carbocycles. The van der Waals surface area contributed by atoms with Crippen LogP contribution in [0.4, 0.5) is 0 Å². The second-order valence-electron chi connectivity index (χ2n) is 5.54. The van der Waals surface area contributed by atoms with Crippen molar-refractivity contribution in [2.75, 3.05) is 0 Å². The van der Waals surface area contributed by atoms with Gasteiger partial charge >= 0.3 is 0 Å². The van der Waals surface area contributed by atoms with Gasteiger partial charge in [0.1, 0.15) is 12.1 Å². The van der Waals surface area contributed by atoms with Gasteiger partial charge in [-0.15, -0.1) is 0 Å². The van der Waals surface area contributed by atoms with E-state index >= 15 is 0 Å². The number of aromatic nitrogens is 4. The molecule has 3 rings (SSSR count). The lowest BCUT2D eigenvalue weighted by Crippen LogP contribution is -2.26. The average Bonchev–Trinajstić information content (AvgIpc) is 3.18. The number of carbonyl (C=O) groups is 1. The Kier molecular flexibility index (Phi) is 4.10. The molecular weight excluding hydrogens is 294 g/mol. The topological polar surface area (TPSA) is 85.3 Å². The van der Waals surface area contributed by atoms with Crippen molar-refractivity contribution < 1.29 is 9.21 Å². The summed E-state index contributed by atoms with van der Waals surface area (Å²) in [7, 11) is 0. The molecule has 1 unspecified atom stereocenters. The number of rotatable bonds is 5. The van der Waals surface area contributed by atoms with E-state index in [2.05, 4.69) is 20.4 Å². The molecule has 1 atom stereocenters. The molecule has 0 bridgehead atoms. The standard InChI is InChI=1S/C16H19N5O2/c1-10-13(12(3)21-16(20-10)17-9-18-21)6-7-15(22)19-11(2)14-5-4-8-23-14/h4-5,8-9,11H,6-7H2,1-3H3,(H,19,22). The van der Waals surface area contributed by atoms with Crippen LogP contribution in [0.3, 0.4) is 0 Å². The molecule has 120 valence electrons. The number of amides is 1. The van der Waals surface area contributed by atoms with Gasteiger partial charge in [-0.25, -0.2) is 9.50 Å². The minimum Gasteiger partial charge on any atom is -0.467 e. The summed E-state index contributed by atoms with van der Waals surface area (Å²) in [6, 6.07) is 3.52. The molecule has 0 spiro atoms. The van der Waals surface area contributed by atoms with Crippen molar-refractivity contribution >= 4 is 11.7 Å². The minimum atomic E-state index is -0.143. The van der Waals surface area contributed by atoms with E-state index in [1.165, 1.54) is 6.33 Å². The van der Waals surface area contributed by atoms with Crippen LogP contribution in [0.15, 0.2) is 29.1 Å². The third kappa shape index (κ3) is 3.08. The first kappa shape index (κ1) is 15.2. The maximum absolute atomic E-state index is 12.2. The summed E-state index contributed by atoms with van der Waals surface area (Å²) in [5.74, 6) is 1.31. The molecule has 1 N–H and O–H groups in total. The van der Waals surface area contributed by atoms with Gasteiger partial charge in [-0.05, 0) is 44.9 Å². The number of aryl methyl sites for hydroxylation is 2. The number of carbonyl (C=O) groups excluding carboxylic acids is 1. The maximum Gasteiger partial charge on any atom is 0.252 e. The zero-order valence-electron chi connectivity index (χ0n) is 13.4. The van der Waals surface area contributed by atoms with Crippen LogP contribution in [0, 0.1) is 13.8 Å². The molecule has 0 aromatic carbocycles. The van der Waals surface area contributed by atoms with E-state index in [9.17, 15) is 4.79 Å². The Morgan fingerprint density at radius 2 is 2.26 bits per heavy atom. The molecule has 0 saturated carbocycles. The fraction of sp³-hybridized carbons (Fsp3) is 0.375. The minimum absolute atomic E-state index is 0.0219. The van der Waals surface area contributed by atoms with Gasteiger partial charge in [0, 0.05) is 17.8 Å². The predicted octanol–water partition coefficient (Wildman–Crippen LogP) is 2.14. The normalized spacial score (nSPS) is 12.5. The molecule has 1 amide bonds. The number of furan rings is 1. The van der Waals surface area contributed by atoms with Gasteiger partial charge in [0.2, 0.25) is 5.91 Å². The number of hydrogen-bond acceptors (Lipinski definition) is 5. The maximum atomic E-state index is 12.2. The van der Waals surface area contributed by atoms with Crippen molar-refractivity contribution in [1.82, 2.24) is 24.9 Å². The molecule has 23 heavy (non-hydrogen) atoms. The lowest BCUT2D eigenvalue weighted by molar-refractivity contribution is -0.121. The Hall–Kier alpha value is -2.70. The summed E-state index contributed by atoms with van der Waals surface area (Å²) in [4.78, 5) is 20.7. The van der Waals surface area contributed by atoms with E-state index in [1.54, 1.807) is 10.8 Å². The van der Waals surface area contributed by atoms with Crippen molar-refractivity contribution in [2.24, 2.45) is 0 Å². The third-order valence-corrected chi connectivity index (χ3v) is 3.94. The second-order valence-corrected chi connectivity index (χ2v) is 5.54. The second kappa shape index (κ2) is 6.20. The molecule has 3 aromatic heterocycles. The zero-order chi connectivity index (χ0) is 16.4. The van der Waals surface area contributed by atoms with Gasteiger partial charge in [0.25, 0.3) is 5.78 Å². The van der Waals surface area contributed by atoms with Gasteiger partial charge in [-0.1, -0.05) is 0 Å². The van der Waals surface area contributed by atoms with E-state index in [1.807, 2.05) is 32.9 Å². The molecular formula is C16H19N5O2. The van der Waals surface area contributed by atoms with Crippen LogP contribution in [0.25, 0.3) is 5.78 Å². The van der Waals surface area contributed by atoms with E-state index in [-0.39, 0.29) is 11.9 Å². The van der Waals surface area contributed by atoms with Gasteiger partial charge in [-0.3, -0.25) is 4.79 Å². The fourth-order valence-electron chi connectivity index (χ4n) is 2.68. The van der Waals surface area contributed by atoms with E-state index in [4.69, 9.17) is 4.42 Å². The van der Waals surface area contributed by atoms with Crippen molar-refractivity contribution in [2.45, 2.75) is 39.7 Å². The van der Waals surface area contributed by atoms with Gasteiger partial charge in [0.15, 0.2) is 0 Å². The summed E-state index contributed by atoms with van der Waals surface area (Å²) in [5, 5.41) is 7.10. The molecule has 3 aromatic rings. The Bertz CT molecular complexity index is 822. The van der Waals surface area contributed by atoms with Gasteiger partial charge < -0.3 is 9.73 Å². The molecule has 0 fully saturated rings. The van der Waals surface area contributed by atoms with Crippen LogP contribution in [-0.4, -0.2) is 25.5 Å². The van der Waals surface area contributed by atoms with Crippen LogP contribution in [0.5, 0.6) is 0 Å². The quantitative estimate of drug-likeness (QED) is 0.780. The highest BCUT2D eigenvalue weighted by Crippen LogP contribution is 2.16. The van der Waals surface area contributed by atoms with Crippen LogP contribution in [0.1, 0.15) is 42.1 Å². The molecule has 0 aliphatic rings. The molecule has 0 saturated heterocycles. The highest BCUT2D eigenvalue weighted by atomic mass is 16.3. The summed E-state index contributed by atoms with van der Waals surface area (Å²) < 4.78 is 6.99. The third-order valence-electron chi connectivity index (χ3n) is 3.94. The van der Waals surface area contributed by atoms with Gasteiger partial charge in [0.05, 0.1) is 12.3 Å². The SMILES string of the molecule is Cc1nc2ncnn2c(C)c1CCC(=O)NC(C)c1ccco1. The van der Waals surface area contributed by atoms with E-state index in [0.29, 0.717) is 18.6 Å². The number of nitrogens with one attached hydrogen (secondary N) is 1. The summed E-state index contributed by atoms with van der Waals surface area (Å²) in [6.45, 7) is 5.80. The molecule has 0 radical (unpaired) electrons. The first-order valence-electron chi connectivity index (χ1n) is 7.55. The lowest BCUT2D eigenvalue weighted by atomic mass is 10.1. The molecule has 7 nitrogen and oxygen atoms in total. The Labute approximate surface area is 133 Å². The number of nitrogens with zero attached hydrogens (tertiary/aromatic N) is 4. The first-order valence-corrected chi connectivity index (χ1v) is 7.55. The number of fused-ring (bicyclic) bond motifs is 1. The van der Waals surface area contributed by atoms with Crippen molar-refractivity contribution in [3.8, 4) is 0 Å². The largest absolute Gasteiger partial charge is 0.467 e. The van der Waals surface area contributed by atoms with Crippen LogP contribution < -0.4 is 5.32 Å². The molecule has 0 aliphatic heterocycles. The summed E-state index contributed by atoms with van der Waals surface area (Å²) in [5.41, 5.74) is 2.88. The van der Waals surface area contributed by atoms with Crippen LogP contribution in [-0.2, 0) is 11.2 Å². The fourth-order valence-corrected chi connectivity index (χ4v) is 2.68. The van der Waals surface area contributed by atoms with Crippen molar-refractivity contribution in [3.05, 3.63) is 47.4 Å². The predicted molar refractivity (Wildman–Crippen MR) is 83.8 cm³/mol. The Morgan fingerprint density at radius 1 is 1.43 bits per heavy atom. The Balaban J connectivity index is 1.67. The lowest BCUT2D eigenvalue weighted by Gasteiger charge is -2.13. The smallest absolute Gasteiger partial charge is 0.252 e. The van der Waals surface area contributed by atoms with Crippen LogP contribution >= 0.6 is 0 Å².